The molecular formula is C18H19N5O3. The first-order valence-electron chi connectivity index (χ1n) is 8.00. The van der Waals surface area contributed by atoms with Crippen LogP contribution in [0.5, 0.6) is 17.6 Å². The maximum Gasteiger partial charge on any atom is 0.321 e. The highest BCUT2D eigenvalue weighted by atomic mass is 16.5. The summed E-state index contributed by atoms with van der Waals surface area (Å²) in [6, 6.07) is 13.4. The Morgan fingerprint density at radius 3 is 2.46 bits per heavy atom. The SMILES string of the molecule is COc1ccc(-c2nc(NCCOc3ccccc3)nc(OC)n2)cn1. The van der Waals surface area contributed by atoms with E-state index in [1.165, 1.54) is 7.11 Å². The molecule has 1 aromatic carbocycles. The van der Waals surface area contributed by atoms with Crippen molar-refractivity contribution in [3.05, 3.63) is 48.7 Å². The quantitative estimate of drug-likeness (QED) is 0.618. The van der Waals surface area contributed by atoms with Gasteiger partial charge in [0, 0.05) is 17.8 Å². The predicted octanol–water partition coefficient (Wildman–Crippen LogP) is 2.44. The van der Waals surface area contributed by atoms with E-state index in [0.717, 1.165) is 11.3 Å². The van der Waals surface area contributed by atoms with Gasteiger partial charge in [0.2, 0.25) is 11.8 Å². The summed E-state index contributed by atoms with van der Waals surface area (Å²) in [4.78, 5) is 17.0. The molecule has 0 aliphatic heterocycles. The van der Waals surface area contributed by atoms with Crippen molar-refractivity contribution in [1.82, 2.24) is 19.9 Å². The second kappa shape index (κ2) is 8.61. The van der Waals surface area contributed by atoms with Crippen LogP contribution in [0.3, 0.4) is 0 Å². The number of aromatic nitrogens is 4. The summed E-state index contributed by atoms with van der Waals surface area (Å²) in [5, 5.41) is 3.11. The van der Waals surface area contributed by atoms with E-state index in [9.17, 15) is 0 Å². The largest absolute Gasteiger partial charge is 0.492 e. The highest BCUT2D eigenvalue weighted by Crippen LogP contribution is 2.19. The Labute approximate surface area is 151 Å². The van der Waals surface area contributed by atoms with Gasteiger partial charge in [-0.05, 0) is 18.2 Å². The maximum atomic E-state index is 5.64. The fourth-order valence-electron chi connectivity index (χ4n) is 2.14. The van der Waals surface area contributed by atoms with Gasteiger partial charge in [0.1, 0.15) is 12.4 Å². The number of nitrogens with one attached hydrogen (secondary N) is 1. The molecule has 0 radical (unpaired) electrons. The Morgan fingerprint density at radius 2 is 1.77 bits per heavy atom. The second-order valence-electron chi connectivity index (χ2n) is 5.15. The summed E-state index contributed by atoms with van der Waals surface area (Å²) in [5.41, 5.74) is 0.732. The minimum absolute atomic E-state index is 0.220. The number of anilines is 1. The average Bonchev–Trinajstić information content (AvgIpc) is 2.72. The van der Waals surface area contributed by atoms with E-state index in [1.54, 1.807) is 19.4 Å². The lowest BCUT2D eigenvalue weighted by atomic mass is 10.3. The highest BCUT2D eigenvalue weighted by Gasteiger charge is 2.09. The van der Waals surface area contributed by atoms with Crippen LogP contribution in [0, 0.1) is 0 Å². The Kier molecular flexibility index (Phi) is 5.76. The number of rotatable bonds is 8. The van der Waals surface area contributed by atoms with Gasteiger partial charge in [0.05, 0.1) is 20.8 Å². The summed E-state index contributed by atoms with van der Waals surface area (Å²) < 4.78 is 15.9. The van der Waals surface area contributed by atoms with Gasteiger partial charge in [-0.2, -0.15) is 15.0 Å². The molecule has 0 fully saturated rings. The molecule has 0 unspecified atom stereocenters. The fraction of sp³-hybridized carbons (Fsp3) is 0.222. The van der Waals surface area contributed by atoms with Crippen LogP contribution in [0.25, 0.3) is 11.4 Å². The average molecular weight is 353 g/mol. The molecule has 0 aliphatic carbocycles. The van der Waals surface area contributed by atoms with Gasteiger partial charge in [0.25, 0.3) is 0 Å². The van der Waals surface area contributed by atoms with Crippen LogP contribution >= 0.6 is 0 Å². The monoisotopic (exact) mass is 353 g/mol. The normalized spacial score (nSPS) is 10.2. The van der Waals surface area contributed by atoms with E-state index in [4.69, 9.17) is 14.2 Å². The van der Waals surface area contributed by atoms with Crippen molar-refractivity contribution in [2.75, 3.05) is 32.7 Å². The molecule has 8 nitrogen and oxygen atoms in total. The molecule has 0 saturated carbocycles. The number of pyridine rings is 1. The number of hydrogen-bond acceptors (Lipinski definition) is 8. The summed E-state index contributed by atoms with van der Waals surface area (Å²) >= 11 is 0. The molecule has 0 atom stereocenters. The number of para-hydroxylation sites is 1. The van der Waals surface area contributed by atoms with Crippen LogP contribution in [0.15, 0.2) is 48.7 Å². The zero-order valence-electron chi connectivity index (χ0n) is 14.5. The van der Waals surface area contributed by atoms with Gasteiger partial charge in [-0.15, -0.1) is 0 Å². The molecule has 8 heteroatoms. The highest BCUT2D eigenvalue weighted by molar-refractivity contribution is 5.55. The fourth-order valence-corrected chi connectivity index (χ4v) is 2.14. The molecule has 0 bridgehead atoms. The molecule has 0 spiro atoms. The van der Waals surface area contributed by atoms with Crippen molar-refractivity contribution < 1.29 is 14.2 Å². The van der Waals surface area contributed by atoms with Crippen molar-refractivity contribution in [1.29, 1.82) is 0 Å². The first-order chi connectivity index (χ1) is 12.8. The molecule has 0 aliphatic rings. The summed E-state index contributed by atoms with van der Waals surface area (Å²) in [6.45, 7) is 1.000. The molecular weight excluding hydrogens is 334 g/mol. The number of methoxy groups -OCH3 is 2. The molecule has 134 valence electrons. The topological polar surface area (TPSA) is 91.3 Å². The lowest BCUT2D eigenvalue weighted by Gasteiger charge is -2.09. The Morgan fingerprint density at radius 1 is 0.923 bits per heavy atom. The Hall–Kier alpha value is -3.42. The molecule has 3 rings (SSSR count). The van der Waals surface area contributed by atoms with Crippen molar-refractivity contribution in [3.63, 3.8) is 0 Å². The number of benzene rings is 1. The zero-order valence-corrected chi connectivity index (χ0v) is 14.5. The van der Waals surface area contributed by atoms with Gasteiger partial charge in [-0.1, -0.05) is 18.2 Å². The van der Waals surface area contributed by atoms with Crippen LogP contribution in [0.1, 0.15) is 0 Å². The minimum Gasteiger partial charge on any atom is -0.492 e. The molecule has 26 heavy (non-hydrogen) atoms. The van der Waals surface area contributed by atoms with Gasteiger partial charge >= 0.3 is 6.01 Å². The van der Waals surface area contributed by atoms with Crippen molar-refractivity contribution in [2.24, 2.45) is 0 Å². The first kappa shape index (κ1) is 17.4. The second-order valence-corrected chi connectivity index (χ2v) is 5.15. The van der Waals surface area contributed by atoms with Gasteiger partial charge in [-0.3, -0.25) is 0 Å². The summed E-state index contributed by atoms with van der Waals surface area (Å²) in [7, 11) is 3.07. The van der Waals surface area contributed by atoms with Crippen molar-refractivity contribution >= 4 is 5.95 Å². The predicted molar refractivity (Wildman–Crippen MR) is 96.6 cm³/mol. The number of hydrogen-bond donors (Lipinski definition) is 1. The molecule has 2 heterocycles. The van der Waals surface area contributed by atoms with E-state index in [1.807, 2.05) is 36.4 Å². The van der Waals surface area contributed by atoms with E-state index >= 15 is 0 Å². The third kappa shape index (κ3) is 4.56. The zero-order chi connectivity index (χ0) is 18.2. The summed E-state index contributed by atoms with van der Waals surface area (Å²) in [6.07, 6.45) is 1.63. The lowest BCUT2D eigenvalue weighted by Crippen LogP contribution is -2.14. The Balaban J connectivity index is 1.66. The van der Waals surface area contributed by atoms with E-state index in [-0.39, 0.29) is 6.01 Å². The molecule has 0 amide bonds. The van der Waals surface area contributed by atoms with E-state index in [2.05, 4.69) is 25.3 Å². The number of nitrogens with zero attached hydrogens (tertiary/aromatic N) is 4. The van der Waals surface area contributed by atoms with E-state index < -0.39 is 0 Å². The van der Waals surface area contributed by atoms with Gasteiger partial charge in [0.15, 0.2) is 5.82 Å². The van der Waals surface area contributed by atoms with Gasteiger partial charge < -0.3 is 19.5 Å². The van der Waals surface area contributed by atoms with Crippen LogP contribution in [0.4, 0.5) is 5.95 Å². The van der Waals surface area contributed by atoms with Crippen LogP contribution in [-0.2, 0) is 0 Å². The molecule has 3 aromatic rings. The molecule has 0 saturated heterocycles. The van der Waals surface area contributed by atoms with Crippen LogP contribution < -0.4 is 19.5 Å². The Bertz CT molecular complexity index is 828. The number of ether oxygens (including phenoxy) is 3. The standard InChI is InChI=1S/C18H19N5O3/c1-24-15-9-8-13(12-20-15)16-21-17(23-18(22-16)25-2)19-10-11-26-14-6-4-3-5-7-14/h3-9,12H,10-11H2,1-2H3,(H,19,21,22,23). The van der Waals surface area contributed by atoms with Crippen molar-refractivity contribution in [3.8, 4) is 29.0 Å². The van der Waals surface area contributed by atoms with Crippen LogP contribution in [0.2, 0.25) is 0 Å². The van der Waals surface area contributed by atoms with Crippen molar-refractivity contribution in [2.45, 2.75) is 0 Å². The van der Waals surface area contributed by atoms with E-state index in [0.29, 0.717) is 30.8 Å². The maximum absolute atomic E-state index is 5.64. The lowest BCUT2D eigenvalue weighted by molar-refractivity contribution is 0.332. The van der Waals surface area contributed by atoms with Gasteiger partial charge in [-0.25, -0.2) is 4.98 Å². The minimum atomic E-state index is 0.220. The first-order valence-corrected chi connectivity index (χ1v) is 8.00. The third-order valence-electron chi connectivity index (χ3n) is 3.40. The molecule has 2 aromatic heterocycles. The van der Waals surface area contributed by atoms with Crippen LogP contribution in [-0.4, -0.2) is 47.3 Å². The smallest absolute Gasteiger partial charge is 0.321 e. The third-order valence-corrected chi connectivity index (χ3v) is 3.40. The summed E-state index contributed by atoms with van der Waals surface area (Å²) in [5.74, 6) is 2.19. The molecule has 1 N–H and O–H groups in total.